The van der Waals surface area contributed by atoms with Crippen LogP contribution in [0.2, 0.25) is 0 Å². The van der Waals surface area contributed by atoms with Crippen molar-refractivity contribution in [2.75, 3.05) is 0 Å². The Balaban J connectivity index is 2.24. The summed E-state index contributed by atoms with van der Waals surface area (Å²) in [6, 6.07) is 12.7. The first-order chi connectivity index (χ1) is 8.56. The third-order valence-corrected chi connectivity index (χ3v) is 4.70. The van der Waals surface area contributed by atoms with Crippen molar-refractivity contribution in [2.24, 2.45) is 0 Å². The standard InChI is InChI=1S/C12H7Br2NO2S/c13-8-1-4-10(5-2-8)18-12-6-3-9(15(16)17)7-11(12)14/h1-7H. The van der Waals surface area contributed by atoms with E-state index in [0.29, 0.717) is 0 Å². The minimum absolute atomic E-state index is 0.0852. The normalized spacial score (nSPS) is 10.3. The highest BCUT2D eigenvalue weighted by molar-refractivity contribution is 9.10. The molecule has 0 aliphatic rings. The molecule has 3 nitrogen and oxygen atoms in total. The quantitative estimate of drug-likeness (QED) is 0.531. The molecule has 0 bridgehead atoms. The second-order valence-corrected chi connectivity index (χ2v) is 6.31. The first-order valence-corrected chi connectivity index (χ1v) is 7.34. The van der Waals surface area contributed by atoms with E-state index in [4.69, 9.17) is 0 Å². The fourth-order valence-electron chi connectivity index (χ4n) is 1.32. The van der Waals surface area contributed by atoms with Crippen LogP contribution in [0.4, 0.5) is 5.69 Å². The molecule has 18 heavy (non-hydrogen) atoms. The minimum Gasteiger partial charge on any atom is -0.258 e. The van der Waals surface area contributed by atoms with Gasteiger partial charge >= 0.3 is 0 Å². The van der Waals surface area contributed by atoms with Crippen molar-refractivity contribution in [2.45, 2.75) is 9.79 Å². The Kier molecular flexibility index (Phi) is 4.42. The molecule has 0 saturated heterocycles. The van der Waals surface area contributed by atoms with E-state index in [9.17, 15) is 10.1 Å². The number of benzene rings is 2. The van der Waals surface area contributed by atoms with Gasteiger partial charge in [-0.05, 0) is 46.3 Å². The average Bonchev–Trinajstić information content (AvgIpc) is 2.34. The van der Waals surface area contributed by atoms with Crippen LogP contribution in [-0.2, 0) is 0 Å². The molecule has 0 aliphatic carbocycles. The molecule has 2 aromatic carbocycles. The van der Waals surface area contributed by atoms with E-state index in [2.05, 4.69) is 31.9 Å². The summed E-state index contributed by atoms with van der Waals surface area (Å²) < 4.78 is 1.75. The highest BCUT2D eigenvalue weighted by Gasteiger charge is 2.09. The van der Waals surface area contributed by atoms with E-state index in [0.717, 1.165) is 18.7 Å². The summed E-state index contributed by atoms with van der Waals surface area (Å²) in [6.45, 7) is 0. The number of rotatable bonds is 3. The Bertz CT molecular complexity index is 587. The third kappa shape index (κ3) is 3.34. The molecule has 0 amide bonds. The van der Waals surface area contributed by atoms with Gasteiger partial charge in [0.15, 0.2) is 0 Å². The maximum atomic E-state index is 10.6. The Morgan fingerprint density at radius 1 is 1.06 bits per heavy atom. The van der Waals surface area contributed by atoms with Gasteiger partial charge in [-0.15, -0.1) is 0 Å². The van der Waals surface area contributed by atoms with Gasteiger partial charge in [0.25, 0.3) is 5.69 Å². The lowest BCUT2D eigenvalue weighted by atomic mass is 10.3. The lowest BCUT2D eigenvalue weighted by Crippen LogP contribution is -1.87. The van der Waals surface area contributed by atoms with Gasteiger partial charge in [-0.2, -0.15) is 0 Å². The first-order valence-electron chi connectivity index (χ1n) is 4.93. The maximum absolute atomic E-state index is 10.6. The van der Waals surface area contributed by atoms with Crippen LogP contribution in [-0.4, -0.2) is 4.92 Å². The molecule has 0 saturated carbocycles. The molecule has 2 aromatic rings. The number of hydrogen-bond donors (Lipinski definition) is 0. The predicted molar refractivity (Wildman–Crippen MR) is 79.1 cm³/mol. The Morgan fingerprint density at radius 3 is 2.28 bits per heavy atom. The van der Waals surface area contributed by atoms with Crippen LogP contribution < -0.4 is 0 Å². The summed E-state index contributed by atoms with van der Waals surface area (Å²) >= 11 is 8.28. The lowest BCUT2D eigenvalue weighted by molar-refractivity contribution is -0.385. The van der Waals surface area contributed by atoms with Crippen LogP contribution in [0.25, 0.3) is 0 Å². The molecule has 0 radical (unpaired) electrons. The van der Waals surface area contributed by atoms with Crippen LogP contribution in [0.5, 0.6) is 0 Å². The van der Waals surface area contributed by atoms with Crippen molar-refractivity contribution in [1.29, 1.82) is 0 Å². The van der Waals surface area contributed by atoms with Crippen molar-refractivity contribution in [1.82, 2.24) is 0 Å². The molecule has 0 aliphatic heterocycles. The number of halogens is 2. The summed E-state index contributed by atoms with van der Waals surface area (Å²) in [7, 11) is 0. The fourth-order valence-corrected chi connectivity index (χ4v) is 3.01. The maximum Gasteiger partial charge on any atom is 0.270 e. The zero-order valence-corrected chi connectivity index (χ0v) is 13.0. The van der Waals surface area contributed by atoms with Gasteiger partial charge in [0.1, 0.15) is 0 Å². The van der Waals surface area contributed by atoms with Gasteiger partial charge < -0.3 is 0 Å². The summed E-state index contributed by atoms with van der Waals surface area (Å²) in [4.78, 5) is 12.3. The zero-order chi connectivity index (χ0) is 13.1. The van der Waals surface area contributed by atoms with Crippen molar-refractivity contribution in [3.8, 4) is 0 Å². The van der Waals surface area contributed by atoms with Gasteiger partial charge in [0.05, 0.1) is 4.92 Å². The van der Waals surface area contributed by atoms with Crippen molar-refractivity contribution in [3.05, 3.63) is 61.5 Å². The Labute approximate surface area is 125 Å². The van der Waals surface area contributed by atoms with Crippen molar-refractivity contribution in [3.63, 3.8) is 0 Å². The molecule has 0 aromatic heterocycles. The Hall–Kier alpha value is -0.850. The van der Waals surface area contributed by atoms with Gasteiger partial charge in [-0.1, -0.05) is 27.7 Å². The van der Waals surface area contributed by atoms with Crippen LogP contribution in [0, 0.1) is 10.1 Å². The third-order valence-electron chi connectivity index (χ3n) is 2.17. The van der Waals surface area contributed by atoms with Crippen LogP contribution in [0.15, 0.2) is 61.2 Å². The van der Waals surface area contributed by atoms with Crippen molar-refractivity contribution < 1.29 is 4.92 Å². The molecule has 0 fully saturated rings. The molecule has 6 heteroatoms. The van der Waals surface area contributed by atoms with Crippen molar-refractivity contribution >= 4 is 49.3 Å². The number of hydrogen-bond acceptors (Lipinski definition) is 3. The average molecular weight is 389 g/mol. The van der Waals surface area contributed by atoms with Gasteiger partial charge in [0, 0.05) is 30.9 Å². The molecule has 0 spiro atoms. The van der Waals surface area contributed by atoms with E-state index >= 15 is 0 Å². The number of nitro benzene ring substituents is 1. The van der Waals surface area contributed by atoms with E-state index in [1.807, 2.05) is 24.3 Å². The highest BCUT2D eigenvalue weighted by Crippen LogP contribution is 2.35. The summed E-state index contributed by atoms with van der Waals surface area (Å²) in [5.41, 5.74) is 0.0852. The smallest absolute Gasteiger partial charge is 0.258 e. The highest BCUT2D eigenvalue weighted by atomic mass is 79.9. The van der Waals surface area contributed by atoms with Crippen LogP contribution >= 0.6 is 43.6 Å². The van der Waals surface area contributed by atoms with Gasteiger partial charge in [-0.3, -0.25) is 10.1 Å². The van der Waals surface area contributed by atoms with E-state index in [1.54, 1.807) is 17.8 Å². The number of nitro groups is 1. The van der Waals surface area contributed by atoms with Crippen LogP contribution in [0.3, 0.4) is 0 Å². The molecular weight excluding hydrogens is 382 g/mol. The molecule has 0 atom stereocenters. The minimum atomic E-state index is -0.404. The van der Waals surface area contributed by atoms with E-state index in [1.165, 1.54) is 12.1 Å². The first kappa shape index (κ1) is 13.6. The topological polar surface area (TPSA) is 43.1 Å². The second-order valence-electron chi connectivity index (χ2n) is 3.43. The molecule has 0 heterocycles. The monoisotopic (exact) mass is 387 g/mol. The molecular formula is C12H7Br2NO2S. The van der Waals surface area contributed by atoms with E-state index in [-0.39, 0.29) is 5.69 Å². The molecule has 92 valence electrons. The molecule has 2 rings (SSSR count). The zero-order valence-electron chi connectivity index (χ0n) is 8.97. The lowest BCUT2D eigenvalue weighted by Gasteiger charge is -2.04. The number of nitrogens with zero attached hydrogens (tertiary/aromatic N) is 1. The number of non-ortho nitro benzene ring substituents is 1. The Morgan fingerprint density at radius 2 is 1.72 bits per heavy atom. The van der Waals surface area contributed by atoms with E-state index < -0.39 is 4.92 Å². The molecule has 0 N–H and O–H groups in total. The SMILES string of the molecule is O=[N+]([O-])c1ccc(Sc2ccc(Br)cc2)c(Br)c1. The predicted octanol–water partition coefficient (Wildman–Crippen LogP) is 5.27. The molecule has 0 unspecified atom stereocenters. The van der Waals surface area contributed by atoms with Crippen LogP contribution in [0.1, 0.15) is 0 Å². The summed E-state index contributed by atoms with van der Waals surface area (Å²) in [5, 5.41) is 10.6. The fraction of sp³-hybridized carbons (Fsp3) is 0. The summed E-state index contributed by atoms with van der Waals surface area (Å²) in [6.07, 6.45) is 0. The summed E-state index contributed by atoms with van der Waals surface area (Å²) in [5.74, 6) is 0. The van der Waals surface area contributed by atoms with Gasteiger partial charge in [-0.25, -0.2) is 0 Å². The largest absolute Gasteiger partial charge is 0.270 e. The second kappa shape index (κ2) is 5.86. The van der Waals surface area contributed by atoms with Gasteiger partial charge in [0.2, 0.25) is 0 Å².